The van der Waals surface area contributed by atoms with Gasteiger partial charge in [-0.3, -0.25) is 18.7 Å². The Morgan fingerprint density at radius 1 is 0.972 bits per heavy atom. The Bertz CT molecular complexity index is 1500. The molecule has 2 aromatic carbocycles. The van der Waals surface area contributed by atoms with Gasteiger partial charge in [-0.2, -0.15) is 0 Å². The van der Waals surface area contributed by atoms with Gasteiger partial charge in [0.15, 0.2) is 0 Å². The molecule has 1 atom stereocenters. The second-order valence-corrected chi connectivity index (χ2v) is 9.31. The van der Waals surface area contributed by atoms with Crippen molar-refractivity contribution >= 4 is 16.9 Å². The topological polar surface area (TPSA) is 103 Å². The molecular formula is C28H29N5O3. The second kappa shape index (κ2) is 9.91. The Labute approximate surface area is 208 Å². The molecule has 1 aliphatic rings. The lowest BCUT2D eigenvalue weighted by Gasteiger charge is -2.33. The molecule has 1 fully saturated rings. The molecule has 4 aromatic rings. The van der Waals surface area contributed by atoms with Crippen molar-refractivity contribution in [1.29, 1.82) is 0 Å². The van der Waals surface area contributed by atoms with Crippen molar-refractivity contribution in [3.8, 4) is 0 Å². The van der Waals surface area contributed by atoms with Crippen LogP contribution in [0.4, 0.5) is 0 Å². The van der Waals surface area contributed by atoms with E-state index in [1.165, 1.54) is 7.05 Å². The molecule has 0 bridgehead atoms. The summed E-state index contributed by atoms with van der Waals surface area (Å²) in [5.74, 6) is 0.0436. The van der Waals surface area contributed by atoms with Crippen LogP contribution in [0.1, 0.15) is 41.6 Å². The van der Waals surface area contributed by atoms with E-state index in [9.17, 15) is 14.4 Å². The van der Waals surface area contributed by atoms with Crippen LogP contribution in [0.5, 0.6) is 0 Å². The smallest absolute Gasteiger partial charge is 0.332 e. The van der Waals surface area contributed by atoms with Gasteiger partial charge in [0.1, 0.15) is 11.7 Å². The van der Waals surface area contributed by atoms with E-state index in [-0.39, 0.29) is 17.4 Å². The van der Waals surface area contributed by atoms with Crippen molar-refractivity contribution in [2.75, 3.05) is 13.1 Å². The predicted octanol–water partition coefficient (Wildman–Crippen LogP) is 2.55. The maximum absolute atomic E-state index is 13.0. The van der Waals surface area contributed by atoms with Crippen molar-refractivity contribution in [3.05, 3.63) is 110 Å². The molecule has 8 nitrogen and oxygen atoms in total. The number of amides is 1. The summed E-state index contributed by atoms with van der Waals surface area (Å²) in [6.45, 7) is 1.49. The summed E-state index contributed by atoms with van der Waals surface area (Å²) in [5, 5.41) is 0.415. The number of nitrogens with zero attached hydrogens (tertiary/aromatic N) is 4. The van der Waals surface area contributed by atoms with Gasteiger partial charge < -0.3 is 10.6 Å². The van der Waals surface area contributed by atoms with Crippen molar-refractivity contribution in [2.45, 2.75) is 31.3 Å². The van der Waals surface area contributed by atoms with Crippen LogP contribution < -0.4 is 17.0 Å². The van der Waals surface area contributed by atoms with Crippen LogP contribution >= 0.6 is 0 Å². The van der Waals surface area contributed by atoms with Gasteiger partial charge in [-0.15, -0.1) is 0 Å². The number of benzene rings is 2. The summed E-state index contributed by atoms with van der Waals surface area (Å²) < 4.78 is 2.69. The molecule has 0 aliphatic carbocycles. The van der Waals surface area contributed by atoms with Gasteiger partial charge in [-0.05, 0) is 36.1 Å². The number of hydrogen-bond donors (Lipinski definition) is 1. The maximum atomic E-state index is 13.0. The third-order valence-corrected chi connectivity index (χ3v) is 7.04. The van der Waals surface area contributed by atoms with Crippen LogP contribution in [0.25, 0.3) is 11.0 Å². The van der Waals surface area contributed by atoms with Crippen LogP contribution in [0.2, 0.25) is 0 Å². The zero-order valence-electron chi connectivity index (χ0n) is 20.2. The lowest BCUT2D eigenvalue weighted by atomic mass is 9.92. The zero-order chi connectivity index (χ0) is 25.2. The number of nitrogens with two attached hydrogens (primary N) is 1. The highest BCUT2D eigenvalue weighted by atomic mass is 16.2. The Kier molecular flexibility index (Phi) is 6.52. The van der Waals surface area contributed by atoms with Gasteiger partial charge in [-0.1, -0.05) is 60.7 Å². The van der Waals surface area contributed by atoms with E-state index in [0.717, 1.165) is 34.2 Å². The van der Waals surface area contributed by atoms with Crippen molar-refractivity contribution in [1.82, 2.24) is 19.0 Å². The van der Waals surface area contributed by atoms with E-state index in [4.69, 9.17) is 10.7 Å². The molecule has 36 heavy (non-hydrogen) atoms. The molecule has 1 saturated heterocycles. The minimum absolute atomic E-state index is 0.0775. The highest BCUT2D eigenvalue weighted by molar-refractivity contribution is 5.83. The second-order valence-electron chi connectivity index (χ2n) is 9.31. The summed E-state index contributed by atoms with van der Waals surface area (Å²) in [7, 11) is 1.49. The van der Waals surface area contributed by atoms with Crippen molar-refractivity contribution < 1.29 is 4.79 Å². The summed E-state index contributed by atoms with van der Waals surface area (Å²) >= 11 is 0. The first kappa shape index (κ1) is 23.7. The number of aromatic nitrogens is 3. The minimum Gasteiger partial charge on any atom is -0.341 e. The number of piperidine rings is 1. The molecule has 0 spiro atoms. The monoisotopic (exact) mass is 483 g/mol. The molecule has 0 radical (unpaired) electrons. The highest BCUT2D eigenvalue weighted by Gasteiger charge is 2.28. The van der Waals surface area contributed by atoms with Crippen LogP contribution in [0.15, 0.2) is 82.4 Å². The maximum Gasteiger partial charge on any atom is 0.332 e. The molecular weight excluding hydrogens is 454 g/mol. The molecule has 2 aromatic heterocycles. The van der Waals surface area contributed by atoms with Gasteiger partial charge in [0.05, 0.1) is 11.9 Å². The van der Waals surface area contributed by atoms with Gasteiger partial charge in [0, 0.05) is 31.7 Å². The third kappa shape index (κ3) is 4.47. The average molecular weight is 484 g/mol. The average Bonchev–Trinajstić information content (AvgIpc) is 2.94. The lowest BCUT2D eigenvalue weighted by molar-refractivity contribution is -0.133. The standard InChI is InChI=1S/C28H29N5O3/c1-31-26(34)22-12-13-23(30-25(22)33(28(31)36)18-19-8-4-2-5-9-19)20-14-16-32(17-15-20)27(35)24(29)21-10-6-3-7-11-21/h2-13,20,24H,14-18,29H2,1H3/t24-/m1/s1. The predicted molar refractivity (Wildman–Crippen MR) is 139 cm³/mol. The molecule has 1 aliphatic heterocycles. The van der Waals surface area contributed by atoms with E-state index in [0.29, 0.717) is 30.7 Å². The molecule has 3 heterocycles. The normalized spacial score (nSPS) is 15.2. The first-order valence-electron chi connectivity index (χ1n) is 12.2. The fourth-order valence-electron chi connectivity index (χ4n) is 4.91. The number of carbonyl (C=O) groups is 1. The zero-order valence-corrected chi connectivity index (χ0v) is 20.2. The molecule has 8 heteroatoms. The summed E-state index contributed by atoms with van der Waals surface area (Å²) in [4.78, 5) is 45.4. The van der Waals surface area contributed by atoms with Crippen molar-refractivity contribution in [2.24, 2.45) is 12.8 Å². The number of likely N-dealkylation sites (tertiary alicyclic amines) is 1. The largest absolute Gasteiger partial charge is 0.341 e. The van der Waals surface area contributed by atoms with E-state index in [2.05, 4.69) is 0 Å². The van der Waals surface area contributed by atoms with Crippen LogP contribution in [0, 0.1) is 0 Å². The first-order chi connectivity index (χ1) is 17.4. The van der Waals surface area contributed by atoms with Crippen LogP contribution in [-0.4, -0.2) is 38.0 Å². The Balaban J connectivity index is 1.40. The highest BCUT2D eigenvalue weighted by Crippen LogP contribution is 2.29. The van der Waals surface area contributed by atoms with E-state index in [1.807, 2.05) is 71.6 Å². The molecule has 1 amide bonds. The number of rotatable bonds is 5. The Morgan fingerprint density at radius 3 is 2.28 bits per heavy atom. The van der Waals surface area contributed by atoms with E-state index < -0.39 is 11.7 Å². The molecule has 0 unspecified atom stereocenters. The lowest BCUT2D eigenvalue weighted by Crippen LogP contribution is -2.43. The number of carbonyl (C=O) groups excluding carboxylic acids is 1. The minimum atomic E-state index is -0.676. The number of fused-ring (bicyclic) bond motifs is 1. The van der Waals surface area contributed by atoms with E-state index >= 15 is 0 Å². The quantitative estimate of drug-likeness (QED) is 0.470. The number of hydrogen-bond acceptors (Lipinski definition) is 5. The van der Waals surface area contributed by atoms with Crippen molar-refractivity contribution in [3.63, 3.8) is 0 Å². The summed E-state index contributed by atoms with van der Waals surface area (Å²) in [5.41, 5.74) is 8.47. The Hall–Kier alpha value is -4.04. The summed E-state index contributed by atoms with van der Waals surface area (Å²) in [6.07, 6.45) is 1.47. The number of pyridine rings is 1. The molecule has 2 N–H and O–H groups in total. The third-order valence-electron chi connectivity index (χ3n) is 7.04. The van der Waals surface area contributed by atoms with Crippen LogP contribution in [0.3, 0.4) is 0 Å². The van der Waals surface area contributed by atoms with Gasteiger partial charge in [0.2, 0.25) is 5.91 Å². The van der Waals surface area contributed by atoms with Crippen LogP contribution in [-0.2, 0) is 18.4 Å². The molecule has 184 valence electrons. The Morgan fingerprint density at radius 2 is 1.61 bits per heavy atom. The van der Waals surface area contributed by atoms with Gasteiger partial charge in [0.25, 0.3) is 5.56 Å². The van der Waals surface area contributed by atoms with Gasteiger partial charge >= 0.3 is 5.69 Å². The first-order valence-corrected chi connectivity index (χ1v) is 12.2. The summed E-state index contributed by atoms with van der Waals surface area (Å²) in [6, 6.07) is 22.0. The molecule has 5 rings (SSSR count). The fraction of sp³-hybridized carbons (Fsp3) is 0.286. The fourth-order valence-corrected chi connectivity index (χ4v) is 4.91. The van der Waals surface area contributed by atoms with E-state index in [1.54, 1.807) is 10.6 Å². The SMILES string of the molecule is Cn1c(=O)c2ccc(C3CCN(C(=O)[C@H](N)c4ccccc4)CC3)nc2n(Cc2ccccc2)c1=O. The van der Waals surface area contributed by atoms with Gasteiger partial charge in [-0.25, -0.2) is 9.78 Å². The molecule has 0 saturated carbocycles.